The van der Waals surface area contributed by atoms with Crippen molar-refractivity contribution in [2.45, 2.75) is 30.4 Å². The highest BCUT2D eigenvalue weighted by Gasteiger charge is 2.24. The molecule has 3 heterocycles. The fourth-order valence-corrected chi connectivity index (χ4v) is 5.18. The maximum Gasteiger partial charge on any atom is 0.338 e. The molecule has 0 bridgehead atoms. The van der Waals surface area contributed by atoms with Crippen molar-refractivity contribution in [1.29, 1.82) is 0 Å². The second-order valence-electron chi connectivity index (χ2n) is 6.70. The van der Waals surface area contributed by atoms with Crippen LogP contribution in [0.4, 0.5) is 0 Å². The Morgan fingerprint density at radius 2 is 2.23 bits per heavy atom. The van der Waals surface area contributed by atoms with Crippen molar-refractivity contribution < 1.29 is 27.2 Å². The summed E-state index contributed by atoms with van der Waals surface area (Å²) in [6.45, 7) is 0.525. The Labute approximate surface area is 187 Å². The largest absolute Gasteiger partial charge is 0.454 e. The number of aromatic nitrogens is 2. The summed E-state index contributed by atoms with van der Waals surface area (Å²) in [5, 5.41) is 5.65. The molecule has 1 aliphatic heterocycles. The fourth-order valence-electron chi connectivity index (χ4n) is 2.95. The van der Waals surface area contributed by atoms with E-state index in [1.165, 1.54) is 29.5 Å². The van der Waals surface area contributed by atoms with Crippen molar-refractivity contribution >= 4 is 38.9 Å². The highest BCUT2D eigenvalue weighted by molar-refractivity contribution is 7.89. The Balaban J connectivity index is 1.41. The third-order valence-corrected chi connectivity index (χ3v) is 7.28. The van der Waals surface area contributed by atoms with Gasteiger partial charge >= 0.3 is 5.97 Å². The van der Waals surface area contributed by atoms with Crippen molar-refractivity contribution in [2.24, 2.45) is 0 Å². The second kappa shape index (κ2) is 9.45. The fraction of sp³-hybridized carbons (Fsp3) is 0.316. The molecule has 0 aliphatic carbocycles. The van der Waals surface area contributed by atoms with Gasteiger partial charge in [-0.2, -0.15) is 4.98 Å². The number of nitrogens with one attached hydrogen (secondary N) is 1. The van der Waals surface area contributed by atoms with Crippen LogP contribution in [0.3, 0.4) is 0 Å². The van der Waals surface area contributed by atoms with Gasteiger partial charge in [-0.25, -0.2) is 17.9 Å². The third-order valence-electron chi connectivity index (χ3n) is 4.51. The van der Waals surface area contributed by atoms with Crippen molar-refractivity contribution in [2.75, 3.05) is 13.2 Å². The average Bonchev–Trinajstić information content (AvgIpc) is 3.53. The predicted molar refractivity (Wildman–Crippen MR) is 112 cm³/mol. The van der Waals surface area contributed by atoms with E-state index in [-0.39, 0.29) is 40.6 Å². The van der Waals surface area contributed by atoms with Crippen molar-refractivity contribution in [3.8, 4) is 10.8 Å². The van der Waals surface area contributed by atoms with E-state index in [9.17, 15) is 13.2 Å². The van der Waals surface area contributed by atoms with Gasteiger partial charge in [0, 0.05) is 13.2 Å². The SMILES string of the molecule is O=C(OCc1noc(-c2cccs2)n1)c1ccc(Cl)c(S(=O)(=O)NCC2CCCO2)c1. The molecule has 1 unspecified atom stereocenters. The molecular weight excluding hydrogens is 466 g/mol. The van der Waals surface area contributed by atoms with Gasteiger partial charge in [-0.3, -0.25) is 0 Å². The van der Waals surface area contributed by atoms with E-state index in [1.54, 1.807) is 0 Å². The molecule has 1 atom stereocenters. The molecule has 0 spiro atoms. The first-order valence-corrected chi connectivity index (χ1v) is 12.1. The van der Waals surface area contributed by atoms with Gasteiger partial charge in [-0.05, 0) is 42.5 Å². The lowest BCUT2D eigenvalue weighted by molar-refractivity contribution is 0.0459. The number of sulfonamides is 1. The Bertz CT molecular complexity index is 1160. The summed E-state index contributed by atoms with van der Waals surface area (Å²) in [6.07, 6.45) is 1.51. The standard InChI is InChI=1S/C19H18ClN3O6S2/c20-14-6-5-12(9-16(14)31(25,26)21-10-13-3-1-7-27-13)19(24)28-11-17-22-18(29-23-17)15-4-2-8-30-15/h2,4-6,8-9,13,21H,1,3,7,10-11H2. The van der Waals surface area contributed by atoms with Crippen LogP contribution in [0.5, 0.6) is 0 Å². The normalized spacial score (nSPS) is 16.5. The molecule has 12 heteroatoms. The number of thiophene rings is 1. The zero-order valence-electron chi connectivity index (χ0n) is 16.1. The molecule has 4 rings (SSSR count). The Kier molecular flexibility index (Phi) is 6.68. The zero-order chi connectivity index (χ0) is 21.8. The topological polar surface area (TPSA) is 121 Å². The van der Waals surface area contributed by atoms with Gasteiger partial charge in [0.2, 0.25) is 15.8 Å². The lowest BCUT2D eigenvalue weighted by Crippen LogP contribution is -2.32. The minimum atomic E-state index is -3.93. The number of nitrogens with zero attached hydrogens (tertiary/aromatic N) is 2. The molecule has 0 radical (unpaired) electrons. The Morgan fingerprint density at radius 3 is 2.97 bits per heavy atom. The zero-order valence-corrected chi connectivity index (χ0v) is 18.5. The maximum atomic E-state index is 12.6. The monoisotopic (exact) mass is 483 g/mol. The van der Waals surface area contributed by atoms with Crippen LogP contribution < -0.4 is 4.72 Å². The van der Waals surface area contributed by atoms with Crippen molar-refractivity contribution in [1.82, 2.24) is 14.9 Å². The molecule has 0 amide bonds. The van der Waals surface area contributed by atoms with Gasteiger partial charge in [-0.1, -0.05) is 22.8 Å². The quantitative estimate of drug-likeness (QED) is 0.484. The highest BCUT2D eigenvalue weighted by Crippen LogP contribution is 2.25. The van der Waals surface area contributed by atoms with Crippen LogP contribution in [0.15, 0.2) is 45.1 Å². The molecule has 3 aromatic rings. The first-order valence-electron chi connectivity index (χ1n) is 9.37. The molecule has 1 aromatic carbocycles. The van der Waals surface area contributed by atoms with Gasteiger partial charge in [0.1, 0.15) is 4.90 Å². The van der Waals surface area contributed by atoms with Gasteiger partial charge in [-0.15, -0.1) is 11.3 Å². The summed E-state index contributed by atoms with van der Waals surface area (Å²) >= 11 is 7.51. The minimum absolute atomic E-state index is 0.00449. The number of hydrogen-bond acceptors (Lipinski definition) is 9. The summed E-state index contributed by atoms with van der Waals surface area (Å²) in [5.41, 5.74) is 0.0314. The van der Waals surface area contributed by atoms with Gasteiger partial charge in [0.05, 0.1) is 21.6 Å². The van der Waals surface area contributed by atoms with Crippen molar-refractivity contribution in [3.05, 3.63) is 52.1 Å². The van der Waals surface area contributed by atoms with E-state index in [2.05, 4.69) is 14.9 Å². The summed E-state index contributed by atoms with van der Waals surface area (Å²) in [6, 6.07) is 7.58. The maximum absolute atomic E-state index is 12.6. The molecule has 0 saturated carbocycles. The lowest BCUT2D eigenvalue weighted by atomic mass is 10.2. The van der Waals surface area contributed by atoms with E-state index >= 15 is 0 Å². The number of carbonyl (C=O) groups is 1. The highest BCUT2D eigenvalue weighted by atomic mass is 35.5. The first kappa shape index (κ1) is 21.9. The van der Waals surface area contributed by atoms with Crippen LogP contribution in [-0.2, 0) is 26.1 Å². The molecule has 2 aromatic heterocycles. The van der Waals surface area contributed by atoms with Crippen LogP contribution in [0.2, 0.25) is 5.02 Å². The molecular formula is C19H18ClN3O6S2. The van der Waals surface area contributed by atoms with Crippen LogP contribution in [0.25, 0.3) is 10.8 Å². The number of rotatable bonds is 8. The van der Waals surface area contributed by atoms with E-state index < -0.39 is 16.0 Å². The molecule has 164 valence electrons. The Hall–Kier alpha value is -2.31. The van der Waals surface area contributed by atoms with Crippen LogP contribution in [0, 0.1) is 0 Å². The summed E-state index contributed by atoms with van der Waals surface area (Å²) in [7, 11) is -3.93. The molecule has 1 saturated heterocycles. The Morgan fingerprint density at radius 1 is 1.35 bits per heavy atom. The summed E-state index contributed by atoms with van der Waals surface area (Å²) < 4.78 is 43.5. The smallest absolute Gasteiger partial charge is 0.338 e. The van der Waals surface area contributed by atoms with E-state index in [0.29, 0.717) is 12.5 Å². The summed E-state index contributed by atoms with van der Waals surface area (Å²) in [4.78, 5) is 17.2. The number of halogens is 1. The van der Waals surface area contributed by atoms with Crippen LogP contribution in [0.1, 0.15) is 29.0 Å². The minimum Gasteiger partial charge on any atom is -0.454 e. The number of ether oxygens (including phenoxy) is 2. The van der Waals surface area contributed by atoms with Crippen LogP contribution in [-0.4, -0.2) is 43.8 Å². The van der Waals surface area contributed by atoms with E-state index in [4.69, 9.17) is 25.6 Å². The number of carbonyl (C=O) groups excluding carboxylic acids is 1. The number of benzene rings is 1. The van der Waals surface area contributed by atoms with Crippen LogP contribution >= 0.6 is 22.9 Å². The van der Waals surface area contributed by atoms with Gasteiger partial charge in [0.25, 0.3) is 5.89 Å². The molecule has 31 heavy (non-hydrogen) atoms. The average molecular weight is 484 g/mol. The van der Waals surface area contributed by atoms with E-state index in [1.807, 2.05) is 17.5 Å². The molecule has 9 nitrogen and oxygen atoms in total. The molecule has 1 aliphatic rings. The molecule has 1 N–H and O–H groups in total. The lowest BCUT2D eigenvalue weighted by Gasteiger charge is -2.13. The summed E-state index contributed by atoms with van der Waals surface area (Å²) in [5.74, 6) is -0.218. The molecule has 1 fully saturated rings. The first-order chi connectivity index (χ1) is 14.9. The second-order valence-corrected chi connectivity index (χ2v) is 9.79. The number of esters is 1. The predicted octanol–water partition coefficient (Wildman–Crippen LogP) is 3.27. The third kappa shape index (κ3) is 5.31. The number of hydrogen-bond donors (Lipinski definition) is 1. The van der Waals surface area contributed by atoms with Gasteiger partial charge in [0.15, 0.2) is 6.61 Å². The van der Waals surface area contributed by atoms with E-state index in [0.717, 1.165) is 17.7 Å². The van der Waals surface area contributed by atoms with Crippen molar-refractivity contribution in [3.63, 3.8) is 0 Å². The van der Waals surface area contributed by atoms with Gasteiger partial charge < -0.3 is 14.0 Å².